The van der Waals surface area contributed by atoms with Gasteiger partial charge < -0.3 is 4.74 Å². The normalized spacial score (nSPS) is 11.4. The van der Waals surface area contributed by atoms with Crippen molar-refractivity contribution in [3.63, 3.8) is 0 Å². The van der Waals surface area contributed by atoms with Gasteiger partial charge in [0.25, 0.3) is 10.0 Å². The highest BCUT2D eigenvalue weighted by atomic mass is 35.5. The van der Waals surface area contributed by atoms with E-state index in [4.69, 9.17) is 16.3 Å². The zero-order valence-electron chi connectivity index (χ0n) is 15.4. The molecule has 0 unspecified atom stereocenters. The molecule has 0 spiro atoms. The number of benzene rings is 3. The van der Waals surface area contributed by atoms with Gasteiger partial charge in [-0.3, -0.25) is 0 Å². The number of hydrazone groups is 1. The van der Waals surface area contributed by atoms with Crippen molar-refractivity contribution in [2.45, 2.75) is 11.8 Å². The number of hydrogen-bond donors (Lipinski definition) is 1. The number of carbonyl (C=O) groups excluding carboxylic acids is 1. The molecule has 148 valence electrons. The van der Waals surface area contributed by atoms with Crippen LogP contribution in [0.5, 0.6) is 5.75 Å². The summed E-state index contributed by atoms with van der Waals surface area (Å²) in [5.41, 5.74) is 1.97. The number of halogens is 1. The number of carbonyl (C=O) groups is 1. The minimum atomic E-state index is -3.73. The Kier molecular flexibility index (Phi) is 6.31. The van der Waals surface area contributed by atoms with Crippen molar-refractivity contribution in [1.29, 1.82) is 0 Å². The molecule has 0 aromatic heterocycles. The van der Waals surface area contributed by atoms with Crippen LogP contribution < -0.4 is 9.57 Å². The van der Waals surface area contributed by atoms with Gasteiger partial charge in [0.2, 0.25) is 0 Å². The topological polar surface area (TPSA) is 84.8 Å². The summed E-state index contributed by atoms with van der Waals surface area (Å²) in [5.74, 6) is -0.156. The molecule has 0 heterocycles. The van der Waals surface area contributed by atoms with Crippen LogP contribution in [0.3, 0.4) is 0 Å². The van der Waals surface area contributed by atoms with Gasteiger partial charge in [-0.25, -0.2) is 9.63 Å². The molecular weight excluding hydrogens is 412 g/mol. The largest absolute Gasteiger partial charge is 0.423 e. The van der Waals surface area contributed by atoms with Crippen molar-refractivity contribution in [3.05, 3.63) is 94.5 Å². The highest BCUT2D eigenvalue weighted by molar-refractivity contribution is 7.89. The van der Waals surface area contributed by atoms with E-state index in [9.17, 15) is 13.2 Å². The maximum Gasteiger partial charge on any atom is 0.343 e. The SMILES string of the molecule is Cc1ccc(S(=O)(=O)NN=Cc2ccc(OC(=O)c3ccc(Cl)cc3)cc2)cc1. The number of aryl methyl sites for hydroxylation is 1. The minimum Gasteiger partial charge on any atom is -0.423 e. The Bertz CT molecular complexity index is 1120. The van der Waals surface area contributed by atoms with Crippen LogP contribution in [0, 0.1) is 6.92 Å². The summed E-state index contributed by atoms with van der Waals surface area (Å²) in [6.45, 7) is 1.87. The first-order valence-corrected chi connectivity index (χ1v) is 10.4. The van der Waals surface area contributed by atoms with E-state index in [0.717, 1.165) is 5.56 Å². The van der Waals surface area contributed by atoms with Crippen molar-refractivity contribution in [1.82, 2.24) is 4.83 Å². The average Bonchev–Trinajstić information content (AvgIpc) is 2.70. The summed E-state index contributed by atoms with van der Waals surface area (Å²) in [6.07, 6.45) is 1.36. The second kappa shape index (κ2) is 8.89. The smallest absolute Gasteiger partial charge is 0.343 e. The van der Waals surface area contributed by atoms with Crippen LogP contribution in [0.15, 0.2) is 82.8 Å². The summed E-state index contributed by atoms with van der Waals surface area (Å²) in [5, 5.41) is 4.31. The first kappa shape index (κ1) is 20.6. The quantitative estimate of drug-likeness (QED) is 0.276. The molecule has 0 saturated carbocycles. The summed E-state index contributed by atoms with van der Waals surface area (Å²) in [4.78, 5) is 14.4. The Morgan fingerprint density at radius 3 is 2.21 bits per heavy atom. The Labute approximate surface area is 173 Å². The van der Waals surface area contributed by atoms with E-state index in [0.29, 0.717) is 21.9 Å². The minimum absolute atomic E-state index is 0.129. The molecule has 8 heteroatoms. The summed E-state index contributed by atoms with van der Waals surface area (Å²) in [6, 6.07) is 19.3. The monoisotopic (exact) mass is 428 g/mol. The molecule has 0 aliphatic carbocycles. The van der Waals surface area contributed by atoms with Gasteiger partial charge in [0, 0.05) is 5.02 Å². The van der Waals surface area contributed by atoms with Crippen LogP contribution in [-0.4, -0.2) is 20.6 Å². The molecule has 0 bridgehead atoms. The molecule has 0 radical (unpaired) electrons. The molecule has 0 atom stereocenters. The lowest BCUT2D eigenvalue weighted by Crippen LogP contribution is -2.18. The standard InChI is InChI=1S/C21H17ClN2O4S/c1-15-2-12-20(13-3-15)29(26,27)24-23-14-16-4-10-19(11-5-16)28-21(25)17-6-8-18(22)9-7-17/h2-14,24H,1H3. The highest BCUT2D eigenvalue weighted by Crippen LogP contribution is 2.15. The maximum absolute atomic E-state index is 12.2. The molecule has 0 amide bonds. The predicted octanol–water partition coefficient (Wildman–Crippen LogP) is 4.18. The Morgan fingerprint density at radius 2 is 1.59 bits per heavy atom. The molecule has 3 rings (SSSR count). The molecule has 6 nitrogen and oxygen atoms in total. The molecule has 3 aromatic rings. The number of ether oxygens (including phenoxy) is 1. The molecular formula is C21H17ClN2O4S. The molecule has 0 aliphatic heterocycles. The lowest BCUT2D eigenvalue weighted by molar-refractivity contribution is 0.0734. The van der Waals surface area contributed by atoms with Gasteiger partial charge in [0.05, 0.1) is 16.7 Å². The third kappa shape index (κ3) is 5.66. The van der Waals surface area contributed by atoms with E-state index in [1.807, 2.05) is 6.92 Å². The molecule has 29 heavy (non-hydrogen) atoms. The van der Waals surface area contributed by atoms with Crippen molar-refractivity contribution in [3.8, 4) is 5.75 Å². The van der Waals surface area contributed by atoms with Crippen LogP contribution in [-0.2, 0) is 10.0 Å². The first-order valence-electron chi connectivity index (χ1n) is 8.53. The van der Waals surface area contributed by atoms with Gasteiger partial charge in [0.1, 0.15) is 5.75 Å². The van der Waals surface area contributed by atoms with Crippen LogP contribution >= 0.6 is 11.6 Å². The zero-order valence-corrected chi connectivity index (χ0v) is 16.9. The lowest BCUT2D eigenvalue weighted by atomic mass is 10.2. The van der Waals surface area contributed by atoms with Gasteiger partial charge in [-0.15, -0.1) is 0 Å². The third-order valence-corrected chi connectivity index (χ3v) is 5.38. The van der Waals surface area contributed by atoms with Crippen LogP contribution in [0.25, 0.3) is 0 Å². The zero-order chi connectivity index (χ0) is 20.9. The number of nitrogens with zero attached hydrogens (tertiary/aromatic N) is 1. The first-order chi connectivity index (χ1) is 13.8. The Morgan fingerprint density at radius 1 is 0.966 bits per heavy atom. The van der Waals surface area contributed by atoms with Gasteiger partial charge >= 0.3 is 5.97 Å². The Hall–Kier alpha value is -3.16. The highest BCUT2D eigenvalue weighted by Gasteiger charge is 2.12. The molecule has 1 N–H and O–H groups in total. The van der Waals surface area contributed by atoms with E-state index < -0.39 is 16.0 Å². The van der Waals surface area contributed by atoms with Crippen molar-refractivity contribution in [2.75, 3.05) is 0 Å². The van der Waals surface area contributed by atoms with E-state index in [1.54, 1.807) is 60.7 Å². The van der Waals surface area contributed by atoms with Crippen molar-refractivity contribution < 1.29 is 17.9 Å². The second-order valence-corrected chi connectivity index (χ2v) is 8.23. The second-order valence-electron chi connectivity index (χ2n) is 6.13. The van der Waals surface area contributed by atoms with Gasteiger partial charge in [-0.2, -0.15) is 13.5 Å². The summed E-state index contributed by atoms with van der Waals surface area (Å²) < 4.78 is 29.6. The van der Waals surface area contributed by atoms with Crippen molar-refractivity contribution >= 4 is 33.8 Å². The van der Waals surface area contributed by atoms with E-state index in [1.165, 1.54) is 18.3 Å². The molecule has 0 fully saturated rings. The molecule has 0 saturated heterocycles. The fourth-order valence-electron chi connectivity index (χ4n) is 2.31. The van der Waals surface area contributed by atoms with Gasteiger partial charge in [-0.1, -0.05) is 29.3 Å². The Balaban J connectivity index is 1.60. The third-order valence-electron chi connectivity index (χ3n) is 3.89. The predicted molar refractivity (Wildman–Crippen MR) is 112 cm³/mol. The summed E-state index contributed by atoms with van der Waals surface area (Å²) >= 11 is 5.80. The van der Waals surface area contributed by atoms with Crippen LogP contribution in [0.1, 0.15) is 21.5 Å². The number of nitrogens with one attached hydrogen (secondary N) is 1. The lowest BCUT2D eigenvalue weighted by Gasteiger charge is -2.05. The summed E-state index contributed by atoms with van der Waals surface area (Å²) in [7, 11) is -3.73. The molecule has 3 aromatic carbocycles. The maximum atomic E-state index is 12.2. The van der Waals surface area contributed by atoms with Crippen LogP contribution in [0.4, 0.5) is 0 Å². The fraction of sp³-hybridized carbons (Fsp3) is 0.0476. The number of sulfonamides is 1. The van der Waals surface area contributed by atoms with Gasteiger partial charge in [-0.05, 0) is 73.2 Å². The average molecular weight is 429 g/mol. The molecule has 0 aliphatic rings. The number of rotatable bonds is 6. The van der Waals surface area contributed by atoms with E-state index in [2.05, 4.69) is 9.93 Å². The van der Waals surface area contributed by atoms with E-state index >= 15 is 0 Å². The van der Waals surface area contributed by atoms with Crippen LogP contribution in [0.2, 0.25) is 5.02 Å². The van der Waals surface area contributed by atoms with E-state index in [-0.39, 0.29) is 4.90 Å². The fourth-order valence-corrected chi connectivity index (χ4v) is 3.23. The number of esters is 1. The van der Waals surface area contributed by atoms with Gasteiger partial charge in [0.15, 0.2) is 0 Å². The number of hydrogen-bond acceptors (Lipinski definition) is 5. The van der Waals surface area contributed by atoms with Crippen molar-refractivity contribution in [2.24, 2.45) is 5.10 Å².